The molecule has 0 heterocycles. The zero-order valence-electron chi connectivity index (χ0n) is 8.34. The third-order valence-electron chi connectivity index (χ3n) is 2.70. The number of unbranched alkanes of at least 4 members (excludes halogenated alkanes) is 2. The van der Waals surface area contributed by atoms with E-state index in [1.807, 2.05) is 0 Å². The first kappa shape index (κ1) is 10.6. The van der Waals surface area contributed by atoms with E-state index in [-0.39, 0.29) is 6.10 Å². The molecule has 13 heavy (non-hydrogen) atoms. The van der Waals surface area contributed by atoms with E-state index >= 15 is 0 Å². The van der Waals surface area contributed by atoms with Gasteiger partial charge in [-0.05, 0) is 12.3 Å². The fraction of sp³-hybridized carbons (Fsp3) is 0.833. The summed E-state index contributed by atoms with van der Waals surface area (Å²) in [5, 5.41) is 9.33. The summed E-state index contributed by atoms with van der Waals surface area (Å²) in [4.78, 5) is 0. The molecule has 0 spiro atoms. The number of hydrogen-bond acceptors (Lipinski definition) is 1. The first-order chi connectivity index (χ1) is 6.33. The Morgan fingerprint density at radius 2 is 2.08 bits per heavy atom. The number of terminal acetylenes is 1. The molecule has 0 bridgehead atoms. The van der Waals surface area contributed by atoms with Crippen molar-refractivity contribution >= 4 is 0 Å². The van der Waals surface area contributed by atoms with Crippen LogP contribution >= 0.6 is 0 Å². The Labute approximate surface area is 81.5 Å². The van der Waals surface area contributed by atoms with Crippen LogP contribution < -0.4 is 0 Å². The Morgan fingerprint density at radius 1 is 1.31 bits per heavy atom. The van der Waals surface area contributed by atoms with Crippen molar-refractivity contribution in [2.24, 2.45) is 5.92 Å². The summed E-state index contributed by atoms with van der Waals surface area (Å²) in [6, 6.07) is 0. The highest BCUT2D eigenvalue weighted by atomic mass is 16.3. The van der Waals surface area contributed by atoms with E-state index in [9.17, 15) is 5.11 Å². The summed E-state index contributed by atoms with van der Waals surface area (Å²) in [7, 11) is 0. The van der Waals surface area contributed by atoms with E-state index in [2.05, 4.69) is 5.92 Å². The normalized spacial score (nSPS) is 18.2. The van der Waals surface area contributed by atoms with Gasteiger partial charge >= 0.3 is 0 Å². The van der Waals surface area contributed by atoms with Gasteiger partial charge in [-0.15, -0.1) is 12.3 Å². The first-order valence-electron chi connectivity index (χ1n) is 5.44. The smallest absolute Gasteiger partial charge is 0.0649 e. The topological polar surface area (TPSA) is 20.2 Å². The van der Waals surface area contributed by atoms with Crippen molar-refractivity contribution in [3.63, 3.8) is 0 Å². The van der Waals surface area contributed by atoms with Crippen LogP contribution in [0.1, 0.15) is 51.4 Å². The molecule has 1 heteroatoms. The average molecular weight is 180 g/mol. The highest BCUT2D eigenvalue weighted by Gasteiger charge is 2.19. The van der Waals surface area contributed by atoms with Crippen LogP contribution in [-0.2, 0) is 0 Å². The molecule has 0 amide bonds. The maximum absolute atomic E-state index is 9.33. The van der Waals surface area contributed by atoms with Gasteiger partial charge in [0.2, 0.25) is 0 Å². The fourth-order valence-corrected chi connectivity index (χ4v) is 1.63. The number of rotatable bonds is 7. The van der Waals surface area contributed by atoms with Gasteiger partial charge in [0.25, 0.3) is 0 Å². The van der Waals surface area contributed by atoms with E-state index in [0.717, 1.165) is 18.8 Å². The lowest BCUT2D eigenvalue weighted by Gasteiger charge is -2.05. The minimum atomic E-state index is -0.258. The molecule has 1 rings (SSSR count). The number of hydrogen-bond donors (Lipinski definition) is 1. The third kappa shape index (κ3) is 5.71. The summed E-state index contributed by atoms with van der Waals surface area (Å²) in [6.07, 6.45) is 14.3. The molecule has 1 saturated carbocycles. The first-order valence-corrected chi connectivity index (χ1v) is 5.44. The predicted molar refractivity (Wildman–Crippen MR) is 55.3 cm³/mol. The average Bonchev–Trinajstić information content (AvgIpc) is 2.88. The second-order valence-corrected chi connectivity index (χ2v) is 4.14. The van der Waals surface area contributed by atoms with Crippen molar-refractivity contribution in [2.75, 3.05) is 0 Å². The Bertz CT molecular complexity index is 164. The van der Waals surface area contributed by atoms with Crippen molar-refractivity contribution in [2.45, 2.75) is 57.5 Å². The minimum Gasteiger partial charge on any atom is -0.392 e. The molecule has 0 aromatic carbocycles. The predicted octanol–water partition coefficient (Wildman–Crippen LogP) is 2.73. The van der Waals surface area contributed by atoms with Crippen molar-refractivity contribution in [1.29, 1.82) is 0 Å². The lowest BCUT2D eigenvalue weighted by molar-refractivity contribution is 0.166. The second kappa shape index (κ2) is 6.05. The van der Waals surface area contributed by atoms with Gasteiger partial charge in [0.15, 0.2) is 0 Å². The molecule has 1 aliphatic carbocycles. The van der Waals surface area contributed by atoms with Crippen LogP contribution in [-0.4, -0.2) is 11.2 Å². The maximum Gasteiger partial charge on any atom is 0.0649 e. The minimum absolute atomic E-state index is 0.258. The quantitative estimate of drug-likeness (QED) is 0.472. The van der Waals surface area contributed by atoms with Crippen LogP contribution in [0.4, 0.5) is 0 Å². The molecule has 0 radical (unpaired) electrons. The van der Waals surface area contributed by atoms with Gasteiger partial charge in [-0.2, -0.15) is 0 Å². The van der Waals surface area contributed by atoms with Crippen LogP contribution in [0.3, 0.4) is 0 Å². The van der Waals surface area contributed by atoms with Gasteiger partial charge in [0.05, 0.1) is 6.10 Å². The summed E-state index contributed by atoms with van der Waals surface area (Å²) >= 11 is 0. The molecule has 0 aliphatic heterocycles. The second-order valence-electron chi connectivity index (χ2n) is 4.14. The van der Waals surface area contributed by atoms with E-state index in [0.29, 0.717) is 6.42 Å². The Morgan fingerprint density at radius 3 is 2.69 bits per heavy atom. The van der Waals surface area contributed by atoms with Gasteiger partial charge in [-0.3, -0.25) is 0 Å². The van der Waals surface area contributed by atoms with Crippen LogP contribution in [0, 0.1) is 18.3 Å². The van der Waals surface area contributed by atoms with E-state index in [1.54, 1.807) is 0 Å². The molecule has 1 aliphatic rings. The van der Waals surface area contributed by atoms with Crippen molar-refractivity contribution in [3.05, 3.63) is 0 Å². The van der Waals surface area contributed by atoms with Gasteiger partial charge in [0, 0.05) is 6.42 Å². The van der Waals surface area contributed by atoms with Gasteiger partial charge in [-0.25, -0.2) is 0 Å². The molecular formula is C12H20O. The monoisotopic (exact) mass is 180 g/mol. The molecule has 0 saturated heterocycles. The van der Waals surface area contributed by atoms with Gasteiger partial charge in [-0.1, -0.05) is 38.5 Å². The van der Waals surface area contributed by atoms with Crippen LogP contribution in [0.5, 0.6) is 0 Å². The van der Waals surface area contributed by atoms with Crippen LogP contribution in [0.15, 0.2) is 0 Å². The van der Waals surface area contributed by atoms with E-state index < -0.39 is 0 Å². The largest absolute Gasteiger partial charge is 0.392 e. The molecule has 0 aromatic heterocycles. The molecular weight excluding hydrogens is 160 g/mol. The Balaban J connectivity index is 1.79. The summed E-state index contributed by atoms with van der Waals surface area (Å²) in [5.41, 5.74) is 0. The summed E-state index contributed by atoms with van der Waals surface area (Å²) < 4.78 is 0. The summed E-state index contributed by atoms with van der Waals surface area (Å²) in [5.74, 6) is 3.54. The highest BCUT2D eigenvalue weighted by molar-refractivity contribution is 4.86. The lowest BCUT2D eigenvalue weighted by atomic mass is 10.1. The lowest BCUT2D eigenvalue weighted by Crippen LogP contribution is -2.04. The van der Waals surface area contributed by atoms with Gasteiger partial charge in [0.1, 0.15) is 0 Å². The SMILES string of the molecule is C#CC[C@@H](O)CCCCCC1CC1. The number of aliphatic hydroxyl groups excluding tert-OH is 1. The molecule has 0 aromatic rings. The van der Waals surface area contributed by atoms with Crippen molar-refractivity contribution in [1.82, 2.24) is 0 Å². The number of aliphatic hydroxyl groups is 1. The zero-order chi connectivity index (χ0) is 9.52. The summed E-state index contributed by atoms with van der Waals surface area (Å²) in [6.45, 7) is 0. The fourth-order valence-electron chi connectivity index (χ4n) is 1.63. The molecule has 1 atom stereocenters. The van der Waals surface area contributed by atoms with Crippen molar-refractivity contribution < 1.29 is 5.11 Å². The molecule has 0 unspecified atom stereocenters. The van der Waals surface area contributed by atoms with Crippen LogP contribution in [0.2, 0.25) is 0 Å². The molecule has 74 valence electrons. The van der Waals surface area contributed by atoms with Crippen LogP contribution in [0.25, 0.3) is 0 Å². The molecule has 1 N–H and O–H groups in total. The zero-order valence-corrected chi connectivity index (χ0v) is 8.34. The van der Waals surface area contributed by atoms with Crippen molar-refractivity contribution in [3.8, 4) is 12.3 Å². The maximum atomic E-state index is 9.33. The molecule has 1 fully saturated rings. The molecule has 1 nitrogen and oxygen atoms in total. The standard InChI is InChI=1S/C12H20O/c1-2-6-12(13)8-5-3-4-7-11-9-10-11/h1,11-13H,3-10H2/t12-/m1/s1. The van der Waals surface area contributed by atoms with Gasteiger partial charge < -0.3 is 5.11 Å². The van der Waals surface area contributed by atoms with E-state index in [1.165, 1.54) is 32.1 Å². The third-order valence-corrected chi connectivity index (χ3v) is 2.70. The van der Waals surface area contributed by atoms with E-state index in [4.69, 9.17) is 6.42 Å². The Kier molecular flexibility index (Phi) is 4.93. The highest BCUT2D eigenvalue weighted by Crippen LogP contribution is 2.34. The Hall–Kier alpha value is -0.480.